The minimum absolute atomic E-state index is 0.102. The van der Waals surface area contributed by atoms with Gasteiger partial charge in [0.25, 0.3) is 0 Å². The Morgan fingerprint density at radius 2 is 2.00 bits per heavy atom. The van der Waals surface area contributed by atoms with Crippen LogP contribution in [-0.2, 0) is 9.53 Å². The number of hydrogen-bond acceptors (Lipinski definition) is 3. The van der Waals surface area contributed by atoms with Crippen LogP contribution in [-0.4, -0.2) is 54.4 Å². The van der Waals surface area contributed by atoms with Crippen molar-refractivity contribution < 1.29 is 19.4 Å². The molecule has 2 heterocycles. The van der Waals surface area contributed by atoms with Crippen LogP contribution in [0.1, 0.15) is 25.7 Å². The molecule has 18 heavy (non-hydrogen) atoms. The molecule has 2 aliphatic rings. The highest BCUT2D eigenvalue weighted by molar-refractivity contribution is 5.75. The van der Waals surface area contributed by atoms with Crippen molar-refractivity contribution >= 4 is 12.0 Å². The first kappa shape index (κ1) is 13.1. The molecule has 6 heteroatoms. The third kappa shape index (κ3) is 3.35. The number of carboxylic acids is 1. The highest BCUT2D eigenvalue weighted by Crippen LogP contribution is 2.17. The van der Waals surface area contributed by atoms with Gasteiger partial charge in [0.1, 0.15) is 0 Å². The molecule has 102 valence electrons. The monoisotopic (exact) mass is 256 g/mol. The Balaban J connectivity index is 1.68. The second-order valence-electron chi connectivity index (χ2n) is 4.92. The molecule has 0 aromatic heterocycles. The molecule has 2 fully saturated rings. The number of nitrogens with one attached hydrogen (secondary N) is 1. The molecule has 0 radical (unpaired) electrons. The Kier molecular flexibility index (Phi) is 4.41. The number of ether oxygens (including phenoxy) is 1. The number of aliphatic carboxylic acids is 1. The zero-order valence-corrected chi connectivity index (χ0v) is 10.4. The van der Waals surface area contributed by atoms with Crippen LogP contribution in [0, 0.1) is 5.92 Å². The Morgan fingerprint density at radius 3 is 2.56 bits per heavy atom. The molecule has 2 amide bonds. The number of carboxylic acid groups (broad SMARTS) is 1. The molecule has 0 aromatic rings. The third-order valence-corrected chi connectivity index (χ3v) is 3.64. The molecule has 0 aliphatic carbocycles. The summed E-state index contributed by atoms with van der Waals surface area (Å²) in [4.78, 5) is 24.3. The second-order valence-corrected chi connectivity index (χ2v) is 4.92. The van der Waals surface area contributed by atoms with Gasteiger partial charge in [-0.3, -0.25) is 4.79 Å². The zero-order chi connectivity index (χ0) is 13.0. The molecule has 2 aliphatic heterocycles. The van der Waals surface area contributed by atoms with Crippen molar-refractivity contribution in [2.75, 3.05) is 26.2 Å². The lowest BCUT2D eigenvalue weighted by Gasteiger charge is -2.30. The van der Waals surface area contributed by atoms with Gasteiger partial charge in [-0.2, -0.15) is 0 Å². The molecule has 2 saturated heterocycles. The van der Waals surface area contributed by atoms with Crippen LogP contribution in [0.5, 0.6) is 0 Å². The molecule has 0 bridgehead atoms. The lowest BCUT2D eigenvalue weighted by atomic mass is 9.97. The third-order valence-electron chi connectivity index (χ3n) is 3.64. The van der Waals surface area contributed by atoms with E-state index in [1.54, 1.807) is 4.90 Å². The SMILES string of the molecule is O=C(O)C1CCN(C(=O)NCC2CCCO2)CC1. The van der Waals surface area contributed by atoms with E-state index in [4.69, 9.17) is 9.84 Å². The molecule has 6 nitrogen and oxygen atoms in total. The summed E-state index contributed by atoms with van der Waals surface area (Å²) in [6.45, 7) is 2.38. The van der Waals surface area contributed by atoms with E-state index in [0.29, 0.717) is 32.5 Å². The number of urea groups is 1. The Hall–Kier alpha value is -1.30. The maximum atomic E-state index is 11.8. The first-order valence-electron chi connectivity index (χ1n) is 6.54. The van der Waals surface area contributed by atoms with Crippen LogP contribution >= 0.6 is 0 Å². The first-order chi connectivity index (χ1) is 8.66. The van der Waals surface area contributed by atoms with Gasteiger partial charge in [0, 0.05) is 26.2 Å². The van der Waals surface area contributed by atoms with Gasteiger partial charge < -0.3 is 20.1 Å². The summed E-state index contributed by atoms with van der Waals surface area (Å²) in [6.07, 6.45) is 3.29. The summed E-state index contributed by atoms with van der Waals surface area (Å²) >= 11 is 0. The summed E-state index contributed by atoms with van der Waals surface area (Å²) in [5, 5.41) is 11.7. The summed E-state index contributed by atoms with van der Waals surface area (Å²) in [7, 11) is 0. The summed E-state index contributed by atoms with van der Waals surface area (Å²) in [5.41, 5.74) is 0. The van der Waals surface area contributed by atoms with Crippen LogP contribution in [0.3, 0.4) is 0 Å². The molecule has 0 spiro atoms. The number of piperidine rings is 1. The molecule has 1 atom stereocenters. The van der Waals surface area contributed by atoms with Crippen molar-refractivity contribution in [3.63, 3.8) is 0 Å². The molecule has 2 rings (SSSR count). The Bertz CT molecular complexity index is 307. The van der Waals surface area contributed by atoms with Gasteiger partial charge in [-0.25, -0.2) is 4.79 Å². The minimum atomic E-state index is -0.755. The zero-order valence-electron chi connectivity index (χ0n) is 10.4. The van der Waals surface area contributed by atoms with Gasteiger partial charge in [-0.1, -0.05) is 0 Å². The second kappa shape index (κ2) is 6.04. The molecular formula is C12H20N2O4. The van der Waals surface area contributed by atoms with Gasteiger partial charge in [-0.05, 0) is 25.7 Å². The van der Waals surface area contributed by atoms with E-state index < -0.39 is 5.97 Å². The number of nitrogens with zero attached hydrogens (tertiary/aromatic N) is 1. The van der Waals surface area contributed by atoms with E-state index >= 15 is 0 Å². The fraction of sp³-hybridized carbons (Fsp3) is 0.833. The number of likely N-dealkylation sites (tertiary alicyclic amines) is 1. The number of hydrogen-bond donors (Lipinski definition) is 2. The fourth-order valence-corrected chi connectivity index (χ4v) is 2.45. The highest BCUT2D eigenvalue weighted by atomic mass is 16.5. The summed E-state index contributed by atoms with van der Waals surface area (Å²) in [6, 6.07) is -0.102. The fourth-order valence-electron chi connectivity index (χ4n) is 2.45. The van der Waals surface area contributed by atoms with Crippen LogP contribution in [0.15, 0.2) is 0 Å². The standard InChI is InChI=1S/C12H20N2O4/c15-11(16)9-3-5-14(6-4-9)12(17)13-8-10-2-1-7-18-10/h9-10H,1-8H2,(H,13,17)(H,15,16). The van der Waals surface area contributed by atoms with Crippen molar-refractivity contribution in [2.24, 2.45) is 5.92 Å². The van der Waals surface area contributed by atoms with E-state index in [1.807, 2.05) is 0 Å². The van der Waals surface area contributed by atoms with Crippen LogP contribution in [0.4, 0.5) is 4.79 Å². The van der Waals surface area contributed by atoms with E-state index in [1.165, 1.54) is 0 Å². The van der Waals surface area contributed by atoms with Gasteiger partial charge in [0.2, 0.25) is 0 Å². The average Bonchev–Trinajstić information content (AvgIpc) is 2.89. The van der Waals surface area contributed by atoms with Gasteiger partial charge in [-0.15, -0.1) is 0 Å². The van der Waals surface area contributed by atoms with Crippen LogP contribution in [0.25, 0.3) is 0 Å². The maximum Gasteiger partial charge on any atom is 0.317 e. The topological polar surface area (TPSA) is 78.9 Å². The number of amides is 2. The lowest BCUT2D eigenvalue weighted by molar-refractivity contribution is -0.143. The van der Waals surface area contributed by atoms with Crippen molar-refractivity contribution in [3.05, 3.63) is 0 Å². The van der Waals surface area contributed by atoms with Crippen molar-refractivity contribution in [2.45, 2.75) is 31.8 Å². The largest absolute Gasteiger partial charge is 0.481 e. The molecule has 2 N–H and O–H groups in total. The first-order valence-corrected chi connectivity index (χ1v) is 6.54. The Morgan fingerprint density at radius 1 is 1.28 bits per heavy atom. The van der Waals surface area contributed by atoms with Crippen molar-refractivity contribution in [1.82, 2.24) is 10.2 Å². The average molecular weight is 256 g/mol. The lowest BCUT2D eigenvalue weighted by Crippen LogP contribution is -2.47. The molecular weight excluding hydrogens is 236 g/mol. The normalized spacial score (nSPS) is 25.1. The van der Waals surface area contributed by atoms with Crippen LogP contribution in [0.2, 0.25) is 0 Å². The summed E-state index contributed by atoms with van der Waals surface area (Å²) in [5.74, 6) is -1.05. The minimum Gasteiger partial charge on any atom is -0.481 e. The predicted molar refractivity (Wildman–Crippen MR) is 64.3 cm³/mol. The molecule has 0 aromatic carbocycles. The van der Waals surface area contributed by atoms with E-state index in [-0.39, 0.29) is 18.1 Å². The van der Waals surface area contributed by atoms with Gasteiger partial charge in [0.15, 0.2) is 0 Å². The number of rotatable bonds is 3. The van der Waals surface area contributed by atoms with Crippen LogP contribution < -0.4 is 5.32 Å². The number of carbonyl (C=O) groups is 2. The summed E-state index contributed by atoms with van der Waals surface area (Å²) < 4.78 is 5.43. The Labute approximate surface area is 106 Å². The molecule has 1 unspecified atom stereocenters. The smallest absolute Gasteiger partial charge is 0.317 e. The van der Waals surface area contributed by atoms with E-state index in [2.05, 4.69) is 5.32 Å². The quantitative estimate of drug-likeness (QED) is 0.778. The maximum absolute atomic E-state index is 11.8. The molecule has 0 saturated carbocycles. The highest BCUT2D eigenvalue weighted by Gasteiger charge is 2.27. The van der Waals surface area contributed by atoms with Crippen molar-refractivity contribution in [1.29, 1.82) is 0 Å². The van der Waals surface area contributed by atoms with Crippen molar-refractivity contribution in [3.8, 4) is 0 Å². The number of carbonyl (C=O) groups excluding carboxylic acids is 1. The van der Waals surface area contributed by atoms with Gasteiger partial charge >= 0.3 is 12.0 Å². The predicted octanol–water partition coefficient (Wildman–Crippen LogP) is 0.672. The van der Waals surface area contributed by atoms with Gasteiger partial charge in [0.05, 0.1) is 12.0 Å². The van der Waals surface area contributed by atoms with E-state index in [9.17, 15) is 9.59 Å². The van der Waals surface area contributed by atoms with E-state index in [0.717, 1.165) is 19.4 Å².